The number of benzene rings is 4. The van der Waals surface area contributed by atoms with Gasteiger partial charge in [0.1, 0.15) is 0 Å². The van der Waals surface area contributed by atoms with E-state index in [-0.39, 0.29) is 16.5 Å². The van der Waals surface area contributed by atoms with Crippen LogP contribution in [0.25, 0.3) is 10.8 Å². The van der Waals surface area contributed by atoms with Crippen molar-refractivity contribution in [3.63, 3.8) is 0 Å². The van der Waals surface area contributed by atoms with Crippen LogP contribution in [0.1, 0.15) is 42.9 Å². The zero-order chi connectivity index (χ0) is 29.7. The number of aliphatic imine (C=N–C) groups is 1. The SMILES string of the molecule is [2H]C([2H])([2H])Oc1c(F)c(F)c(F)c2cc(N=C(c3ccccc3)c3ccccc3)cc(B3OC(C)(C)C(C)(C)O3)c12. The van der Waals surface area contributed by atoms with E-state index in [1.165, 1.54) is 12.1 Å². The summed E-state index contributed by atoms with van der Waals surface area (Å²) in [6.45, 7) is 7.17. The molecule has 0 amide bonds. The molecule has 1 aliphatic rings. The molecule has 4 aromatic rings. The van der Waals surface area contributed by atoms with Gasteiger partial charge in [0.05, 0.1) is 33.8 Å². The van der Waals surface area contributed by atoms with Crippen LogP contribution in [0.3, 0.4) is 0 Å². The lowest BCUT2D eigenvalue weighted by atomic mass is 9.75. The minimum atomic E-state index is -3.16. The molecule has 1 fully saturated rings. The topological polar surface area (TPSA) is 40.0 Å². The van der Waals surface area contributed by atoms with Crippen LogP contribution in [0.4, 0.5) is 18.9 Å². The van der Waals surface area contributed by atoms with Gasteiger partial charge < -0.3 is 14.0 Å². The van der Waals surface area contributed by atoms with Gasteiger partial charge in [0, 0.05) is 21.9 Å². The number of halogens is 3. The van der Waals surface area contributed by atoms with Gasteiger partial charge >= 0.3 is 7.12 Å². The van der Waals surface area contributed by atoms with Crippen LogP contribution >= 0.6 is 0 Å². The summed E-state index contributed by atoms with van der Waals surface area (Å²) >= 11 is 0. The van der Waals surface area contributed by atoms with E-state index in [1.54, 1.807) is 27.7 Å². The third-order valence-corrected chi connectivity index (χ3v) is 7.15. The Labute approximate surface area is 224 Å². The van der Waals surface area contributed by atoms with Crippen molar-refractivity contribution >= 4 is 34.8 Å². The van der Waals surface area contributed by atoms with Crippen LogP contribution in [-0.2, 0) is 9.31 Å². The average Bonchev–Trinajstić information content (AvgIpc) is 3.14. The summed E-state index contributed by atoms with van der Waals surface area (Å²) in [6, 6.07) is 21.3. The van der Waals surface area contributed by atoms with Crippen LogP contribution in [0.15, 0.2) is 77.8 Å². The molecule has 5 rings (SSSR count). The average molecular weight is 520 g/mol. The van der Waals surface area contributed by atoms with E-state index in [4.69, 9.17) is 23.2 Å². The fraction of sp³-hybridized carbons (Fsp3) is 0.233. The highest BCUT2D eigenvalue weighted by atomic mass is 19.2. The van der Waals surface area contributed by atoms with Gasteiger partial charge in [0.2, 0.25) is 5.82 Å². The fourth-order valence-electron chi connectivity index (χ4n) is 4.43. The molecular formula is C30H27BF3NO3. The molecule has 1 saturated heterocycles. The van der Waals surface area contributed by atoms with Gasteiger partial charge in [0.15, 0.2) is 17.4 Å². The standard InChI is InChI=1S/C30H27BF3NO3/c1-29(2)30(3,4)38-31(37-29)22-17-20(16-21-23(22)28(36-5)26(34)25(33)24(21)32)35-27(18-12-8-6-9-13-18)19-14-10-7-11-15-19/h6-17H,1-5H3/i5D3. The molecule has 0 bridgehead atoms. The number of nitrogens with zero attached hydrogens (tertiary/aromatic N) is 1. The maximum absolute atomic E-state index is 15.5. The Morgan fingerprint density at radius 2 is 1.37 bits per heavy atom. The Morgan fingerprint density at radius 3 is 1.89 bits per heavy atom. The van der Waals surface area contributed by atoms with Crippen LogP contribution in [0, 0.1) is 17.5 Å². The molecule has 4 aromatic carbocycles. The third-order valence-electron chi connectivity index (χ3n) is 7.15. The first-order valence-corrected chi connectivity index (χ1v) is 12.1. The second-order valence-corrected chi connectivity index (χ2v) is 10.1. The van der Waals surface area contributed by atoms with E-state index in [0.717, 1.165) is 11.1 Å². The highest BCUT2D eigenvalue weighted by Gasteiger charge is 2.52. The first-order chi connectivity index (χ1) is 19.2. The summed E-state index contributed by atoms with van der Waals surface area (Å²) in [6.07, 6.45) is 0. The summed E-state index contributed by atoms with van der Waals surface area (Å²) in [5.41, 5.74) is 0.552. The molecule has 0 unspecified atom stereocenters. The normalized spacial score (nSPS) is 17.6. The summed E-state index contributed by atoms with van der Waals surface area (Å²) in [7, 11) is -4.37. The zero-order valence-electron chi connectivity index (χ0n) is 24.3. The molecule has 0 radical (unpaired) electrons. The molecule has 0 N–H and O–H groups in total. The fourth-order valence-corrected chi connectivity index (χ4v) is 4.43. The van der Waals surface area contributed by atoms with Crippen LogP contribution in [0.2, 0.25) is 0 Å². The minimum absolute atomic E-state index is 0.0393. The van der Waals surface area contributed by atoms with Crippen molar-refractivity contribution < 1.29 is 31.3 Å². The number of fused-ring (bicyclic) bond motifs is 1. The Hall–Kier alpha value is -3.62. The van der Waals surface area contributed by atoms with Crippen molar-refractivity contribution in [2.45, 2.75) is 38.9 Å². The lowest BCUT2D eigenvalue weighted by Gasteiger charge is -2.32. The maximum Gasteiger partial charge on any atom is 0.495 e. The van der Waals surface area contributed by atoms with Crippen molar-refractivity contribution in [2.75, 3.05) is 7.04 Å². The van der Waals surface area contributed by atoms with Gasteiger partial charge in [-0.05, 0) is 45.3 Å². The quantitative estimate of drug-likeness (QED) is 0.166. The first kappa shape index (κ1) is 22.4. The van der Waals surface area contributed by atoms with E-state index in [0.29, 0.717) is 5.71 Å². The molecule has 0 atom stereocenters. The molecule has 8 heteroatoms. The highest BCUT2D eigenvalue weighted by molar-refractivity contribution is 6.65. The van der Waals surface area contributed by atoms with Crippen LogP contribution in [0.5, 0.6) is 5.75 Å². The van der Waals surface area contributed by atoms with E-state index < -0.39 is 53.9 Å². The minimum Gasteiger partial charge on any atom is -0.493 e. The number of methoxy groups -OCH3 is 1. The van der Waals surface area contributed by atoms with E-state index in [9.17, 15) is 4.39 Å². The zero-order valence-corrected chi connectivity index (χ0v) is 21.3. The Bertz CT molecular complexity index is 1590. The van der Waals surface area contributed by atoms with Gasteiger partial charge in [0.25, 0.3) is 0 Å². The van der Waals surface area contributed by atoms with Crippen molar-refractivity contribution in [2.24, 2.45) is 4.99 Å². The van der Waals surface area contributed by atoms with Gasteiger partial charge in [-0.3, -0.25) is 0 Å². The molecule has 4 nitrogen and oxygen atoms in total. The summed E-state index contributed by atoms with van der Waals surface area (Å²) in [4.78, 5) is 4.82. The van der Waals surface area contributed by atoms with Crippen molar-refractivity contribution in [1.29, 1.82) is 0 Å². The second kappa shape index (κ2) is 9.60. The lowest BCUT2D eigenvalue weighted by molar-refractivity contribution is 0.00578. The van der Waals surface area contributed by atoms with Crippen molar-refractivity contribution in [3.8, 4) is 5.75 Å². The van der Waals surface area contributed by atoms with Gasteiger partial charge in [-0.25, -0.2) is 13.8 Å². The van der Waals surface area contributed by atoms with E-state index in [2.05, 4.69) is 0 Å². The summed E-state index contributed by atoms with van der Waals surface area (Å²) < 4.78 is 85.4. The smallest absolute Gasteiger partial charge is 0.493 e. The maximum atomic E-state index is 15.5. The lowest BCUT2D eigenvalue weighted by Crippen LogP contribution is -2.41. The van der Waals surface area contributed by atoms with E-state index >= 15 is 8.78 Å². The largest absolute Gasteiger partial charge is 0.495 e. The van der Waals surface area contributed by atoms with Crippen LogP contribution < -0.4 is 10.2 Å². The monoisotopic (exact) mass is 520 g/mol. The Balaban J connectivity index is 1.84. The molecule has 0 aromatic heterocycles. The highest BCUT2D eigenvalue weighted by Crippen LogP contribution is 2.40. The molecule has 194 valence electrons. The van der Waals surface area contributed by atoms with Crippen molar-refractivity contribution in [3.05, 3.63) is 101 Å². The van der Waals surface area contributed by atoms with Gasteiger partial charge in [-0.15, -0.1) is 0 Å². The molecule has 38 heavy (non-hydrogen) atoms. The predicted molar refractivity (Wildman–Crippen MR) is 144 cm³/mol. The molecule has 0 aliphatic carbocycles. The number of ether oxygens (including phenoxy) is 1. The number of rotatable bonds is 5. The number of hydrogen-bond acceptors (Lipinski definition) is 4. The molecule has 1 heterocycles. The predicted octanol–water partition coefficient (Wildman–Crippen LogP) is 6.73. The molecule has 1 aliphatic heterocycles. The van der Waals surface area contributed by atoms with Gasteiger partial charge in [-0.2, -0.15) is 4.39 Å². The van der Waals surface area contributed by atoms with Crippen molar-refractivity contribution in [1.82, 2.24) is 0 Å². The van der Waals surface area contributed by atoms with Gasteiger partial charge in [-0.1, -0.05) is 60.7 Å². The second-order valence-electron chi connectivity index (χ2n) is 10.1. The Kier molecular flexibility index (Phi) is 5.65. The molecule has 0 spiro atoms. The summed E-state index contributed by atoms with van der Waals surface area (Å²) in [5.74, 6) is -6.13. The molecular weight excluding hydrogens is 490 g/mol. The molecule has 0 saturated carbocycles. The first-order valence-electron chi connectivity index (χ1n) is 13.6. The van der Waals surface area contributed by atoms with Crippen LogP contribution in [-0.4, -0.2) is 31.1 Å². The summed E-state index contributed by atoms with van der Waals surface area (Å²) in [5, 5.41) is -0.759. The third kappa shape index (κ3) is 4.38. The number of hydrogen-bond donors (Lipinski definition) is 0. The van der Waals surface area contributed by atoms with E-state index in [1.807, 2.05) is 60.7 Å². The Morgan fingerprint density at radius 1 is 0.816 bits per heavy atom.